The minimum atomic E-state index is -1.61. The van der Waals surface area contributed by atoms with Crippen molar-refractivity contribution in [2.24, 2.45) is 0 Å². The predicted octanol–water partition coefficient (Wildman–Crippen LogP) is 5.00. The van der Waals surface area contributed by atoms with Crippen LogP contribution in [-0.4, -0.2) is 18.2 Å². The molecule has 0 fully saturated rings. The first-order chi connectivity index (χ1) is 10.6. The lowest BCUT2D eigenvalue weighted by molar-refractivity contribution is 0.481. The van der Waals surface area contributed by atoms with Crippen molar-refractivity contribution in [1.82, 2.24) is 4.98 Å². The summed E-state index contributed by atoms with van der Waals surface area (Å²) in [6.07, 6.45) is 5.41. The van der Waals surface area contributed by atoms with Crippen molar-refractivity contribution in [3.8, 4) is 5.75 Å². The zero-order valence-electron chi connectivity index (χ0n) is 14.4. The van der Waals surface area contributed by atoms with Gasteiger partial charge >= 0.3 is 0 Å². The Balaban J connectivity index is 2.71. The molecule has 3 heteroatoms. The van der Waals surface area contributed by atoms with Gasteiger partial charge in [-0.25, -0.2) is 0 Å². The van der Waals surface area contributed by atoms with E-state index >= 15 is 0 Å². The van der Waals surface area contributed by atoms with E-state index in [9.17, 15) is 5.11 Å². The number of hydrogen-bond acceptors (Lipinski definition) is 2. The molecule has 0 radical (unpaired) electrons. The minimum absolute atomic E-state index is 0.408. The number of benzene rings is 1. The molecule has 0 aliphatic rings. The van der Waals surface area contributed by atoms with Crippen molar-refractivity contribution < 1.29 is 5.11 Å². The SMILES string of the molecule is CCCCc1ccc(O)c2c([Si](CC)(CC)CC)nccc12. The van der Waals surface area contributed by atoms with E-state index in [2.05, 4.69) is 39.8 Å². The molecule has 0 aliphatic carbocycles. The van der Waals surface area contributed by atoms with Gasteiger partial charge in [0.2, 0.25) is 0 Å². The second-order valence-corrected chi connectivity index (χ2v) is 11.4. The molecular formula is C19H29NOSi. The lowest BCUT2D eigenvalue weighted by Crippen LogP contribution is -2.48. The monoisotopic (exact) mass is 315 g/mol. The lowest BCUT2D eigenvalue weighted by atomic mass is 10.0. The fraction of sp³-hybridized carbons (Fsp3) is 0.526. The highest BCUT2D eigenvalue weighted by atomic mass is 28.3. The zero-order valence-corrected chi connectivity index (χ0v) is 15.4. The molecule has 2 aromatic rings. The Hall–Kier alpha value is -1.35. The molecule has 120 valence electrons. The number of aromatic nitrogens is 1. The molecular weight excluding hydrogens is 286 g/mol. The summed E-state index contributed by atoms with van der Waals surface area (Å²) < 4.78 is 0. The van der Waals surface area contributed by atoms with Crippen LogP contribution in [-0.2, 0) is 6.42 Å². The van der Waals surface area contributed by atoms with E-state index < -0.39 is 8.07 Å². The van der Waals surface area contributed by atoms with Crippen LogP contribution in [0, 0.1) is 0 Å². The van der Waals surface area contributed by atoms with Gasteiger partial charge in [0.1, 0.15) is 13.8 Å². The van der Waals surface area contributed by atoms with E-state index in [0.717, 1.165) is 11.8 Å². The summed E-state index contributed by atoms with van der Waals surface area (Å²) in [6.45, 7) is 9.09. The Morgan fingerprint density at radius 1 is 1.00 bits per heavy atom. The van der Waals surface area contributed by atoms with Gasteiger partial charge in [0.15, 0.2) is 0 Å². The summed E-state index contributed by atoms with van der Waals surface area (Å²) in [5, 5.41) is 14.0. The Labute approximate surface area is 135 Å². The Morgan fingerprint density at radius 2 is 1.68 bits per heavy atom. The van der Waals surface area contributed by atoms with E-state index in [-0.39, 0.29) is 0 Å². The fourth-order valence-corrected chi connectivity index (χ4v) is 7.23. The molecule has 0 saturated carbocycles. The Kier molecular flexibility index (Phi) is 5.62. The maximum Gasteiger partial charge on any atom is 0.124 e. The molecule has 0 aliphatic heterocycles. The third-order valence-corrected chi connectivity index (χ3v) is 10.8. The summed E-state index contributed by atoms with van der Waals surface area (Å²) in [4.78, 5) is 4.78. The van der Waals surface area contributed by atoms with Crippen LogP contribution in [0.2, 0.25) is 18.1 Å². The normalized spacial score (nSPS) is 12.0. The summed E-state index contributed by atoms with van der Waals surface area (Å²) in [5.41, 5.74) is 1.35. The summed E-state index contributed by atoms with van der Waals surface area (Å²) in [7, 11) is -1.61. The Bertz CT molecular complexity index is 626. The van der Waals surface area contributed by atoms with E-state index in [4.69, 9.17) is 4.98 Å². The first-order valence-corrected chi connectivity index (χ1v) is 11.4. The van der Waals surface area contributed by atoms with Crippen LogP contribution in [0.5, 0.6) is 5.75 Å². The quantitative estimate of drug-likeness (QED) is 0.729. The van der Waals surface area contributed by atoms with Crippen LogP contribution in [0.4, 0.5) is 0 Å². The fourth-order valence-electron chi connectivity index (χ4n) is 3.58. The van der Waals surface area contributed by atoms with Crippen molar-refractivity contribution in [2.75, 3.05) is 0 Å². The number of unbranched alkanes of at least 4 members (excludes halogenated alkanes) is 1. The summed E-state index contributed by atoms with van der Waals surface area (Å²) >= 11 is 0. The average molecular weight is 316 g/mol. The molecule has 1 aromatic heterocycles. The van der Waals surface area contributed by atoms with Crippen LogP contribution in [0.1, 0.15) is 46.1 Å². The van der Waals surface area contributed by atoms with Gasteiger partial charge in [-0.1, -0.05) is 58.3 Å². The number of phenols is 1. The predicted molar refractivity (Wildman–Crippen MR) is 98.9 cm³/mol. The van der Waals surface area contributed by atoms with Gasteiger partial charge in [-0.2, -0.15) is 0 Å². The molecule has 0 bridgehead atoms. The molecule has 0 unspecified atom stereocenters. The van der Waals surface area contributed by atoms with Gasteiger partial charge < -0.3 is 5.11 Å². The topological polar surface area (TPSA) is 33.1 Å². The van der Waals surface area contributed by atoms with Crippen molar-refractivity contribution in [3.05, 3.63) is 30.0 Å². The number of aryl methyl sites for hydroxylation is 1. The molecule has 22 heavy (non-hydrogen) atoms. The number of fused-ring (bicyclic) bond motifs is 1. The zero-order chi connectivity index (χ0) is 16.2. The van der Waals surface area contributed by atoms with Gasteiger partial charge in [0, 0.05) is 16.9 Å². The van der Waals surface area contributed by atoms with Gasteiger partial charge in [-0.15, -0.1) is 0 Å². The first kappa shape index (κ1) is 17.0. The molecule has 1 heterocycles. The maximum absolute atomic E-state index is 10.5. The van der Waals surface area contributed by atoms with E-state index in [1.807, 2.05) is 12.3 Å². The molecule has 0 atom stereocenters. The summed E-state index contributed by atoms with van der Waals surface area (Å²) in [5.74, 6) is 0.408. The lowest BCUT2D eigenvalue weighted by Gasteiger charge is -2.29. The van der Waals surface area contributed by atoms with Crippen LogP contribution in [0.25, 0.3) is 10.8 Å². The second-order valence-electron chi connectivity index (χ2n) is 6.27. The number of phenolic OH excluding ortho intramolecular Hbond substituents is 1. The third-order valence-electron chi connectivity index (χ3n) is 5.33. The number of hydrogen-bond donors (Lipinski definition) is 1. The number of pyridine rings is 1. The molecule has 2 rings (SSSR count). The van der Waals surface area contributed by atoms with Gasteiger partial charge in [-0.05, 0) is 35.9 Å². The van der Waals surface area contributed by atoms with Crippen molar-refractivity contribution >= 4 is 24.2 Å². The maximum atomic E-state index is 10.5. The van der Waals surface area contributed by atoms with Crippen molar-refractivity contribution in [2.45, 2.75) is 65.1 Å². The standard InChI is InChI=1S/C19H29NOSi/c1-5-9-10-15-11-12-17(21)18-16(15)13-14-20-19(18)22(6-2,7-3)8-4/h11-14,21H,5-10H2,1-4H3. The minimum Gasteiger partial charge on any atom is -0.507 e. The first-order valence-electron chi connectivity index (χ1n) is 8.73. The van der Waals surface area contributed by atoms with Crippen LogP contribution in [0.3, 0.4) is 0 Å². The van der Waals surface area contributed by atoms with E-state index in [0.29, 0.717) is 5.75 Å². The second kappa shape index (κ2) is 7.27. The van der Waals surface area contributed by atoms with Crippen molar-refractivity contribution in [1.29, 1.82) is 0 Å². The highest BCUT2D eigenvalue weighted by Gasteiger charge is 2.33. The average Bonchev–Trinajstić information content (AvgIpc) is 2.56. The van der Waals surface area contributed by atoms with Gasteiger partial charge in [0.25, 0.3) is 0 Å². The van der Waals surface area contributed by atoms with Crippen LogP contribution >= 0.6 is 0 Å². The number of rotatable bonds is 7. The van der Waals surface area contributed by atoms with E-state index in [1.165, 1.54) is 47.2 Å². The van der Waals surface area contributed by atoms with E-state index in [1.54, 1.807) is 0 Å². The van der Waals surface area contributed by atoms with Gasteiger partial charge in [-0.3, -0.25) is 4.98 Å². The van der Waals surface area contributed by atoms with Crippen LogP contribution in [0.15, 0.2) is 24.4 Å². The highest BCUT2D eigenvalue weighted by Crippen LogP contribution is 2.31. The molecule has 1 aromatic carbocycles. The van der Waals surface area contributed by atoms with Crippen LogP contribution < -0.4 is 5.32 Å². The highest BCUT2D eigenvalue weighted by molar-refractivity contribution is 6.92. The summed E-state index contributed by atoms with van der Waals surface area (Å²) in [6, 6.07) is 9.60. The molecule has 0 saturated heterocycles. The Morgan fingerprint density at radius 3 is 2.27 bits per heavy atom. The third kappa shape index (κ3) is 2.91. The molecule has 2 nitrogen and oxygen atoms in total. The smallest absolute Gasteiger partial charge is 0.124 e. The number of aromatic hydroxyl groups is 1. The molecule has 0 amide bonds. The van der Waals surface area contributed by atoms with Gasteiger partial charge in [0.05, 0.1) is 0 Å². The largest absolute Gasteiger partial charge is 0.507 e. The van der Waals surface area contributed by atoms with Crippen molar-refractivity contribution in [3.63, 3.8) is 0 Å². The number of nitrogens with zero attached hydrogens (tertiary/aromatic N) is 1. The molecule has 0 spiro atoms. The molecule has 1 N–H and O–H groups in total.